The maximum Gasteiger partial charge on any atom is 0.155 e. The molecule has 0 aliphatic carbocycles. The predicted octanol–water partition coefficient (Wildman–Crippen LogP) is 3.82. The lowest BCUT2D eigenvalue weighted by atomic mass is 9.96. The van der Waals surface area contributed by atoms with Crippen molar-refractivity contribution < 1.29 is 5.11 Å². The van der Waals surface area contributed by atoms with E-state index in [1.165, 1.54) is 0 Å². The average molecular weight is 287 g/mol. The van der Waals surface area contributed by atoms with Crippen molar-refractivity contribution in [3.05, 3.63) is 71.7 Å². The van der Waals surface area contributed by atoms with Gasteiger partial charge in [-0.2, -0.15) is 5.26 Å². The Morgan fingerprint density at radius 1 is 1.09 bits per heavy atom. The first-order valence-corrected chi connectivity index (χ1v) is 7.14. The minimum Gasteiger partial charge on any atom is -0.511 e. The van der Waals surface area contributed by atoms with Crippen LogP contribution in [-0.2, 0) is 0 Å². The molecule has 0 saturated heterocycles. The molecular weight excluding hydrogens is 274 g/mol. The normalized spacial score (nSPS) is 17.3. The van der Waals surface area contributed by atoms with Gasteiger partial charge in [-0.25, -0.2) is 4.98 Å². The molecule has 2 aromatic carbocycles. The van der Waals surface area contributed by atoms with Crippen LogP contribution in [0.4, 0.5) is 0 Å². The maximum atomic E-state index is 10.3. The highest BCUT2D eigenvalue weighted by atomic mass is 16.3. The fourth-order valence-electron chi connectivity index (χ4n) is 3.10. The monoisotopic (exact) mass is 287 g/mol. The van der Waals surface area contributed by atoms with Gasteiger partial charge in [-0.3, -0.25) is 0 Å². The lowest BCUT2D eigenvalue weighted by molar-refractivity contribution is 0.358. The number of para-hydroxylation sites is 2. The molecule has 0 spiro atoms. The highest BCUT2D eigenvalue weighted by Gasteiger charge is 2.30. The summed E-state index contributed by atoms with van der Waals surface area (Å²) in [6.45, 7) is 0. The molecule has 4 rings (SSSR count). The molecule has 0 amide bonds. The van der Waals surface area contributed by atoms with Crippen LogP contribution in [0.1, 0.15) is 23.9 Å². The van der Waals surface area contributed by atoms with Crippen molar-refractivity contribution in [2.75, 3.05) is 0 Å². The van der Waals surface area contributed by atoms with Crippen LogP contribution >= 0.6 is 0 Å². The molecule has 4 nitrogen and oxygen atoms in total. The van der Waals surface area contributed by atoms with E-state index in [-0.39, 0.29) is 17.4 Å². The standard InChI is InChI=1S/C18H13N3O/c19-11-13-17(22)10-16(12-6-2-1-3-7-12)21-15-9-5-4-8-14(15)20-18(13)21/h1-9,16,22H,10H2. The molecule has 1 aromatic heterocycles. The summed E-state index contributed by atoms with van der Waals surface area (Å²) in [6, 6.07) is 19.8. The number of nitriles is 1. The van der Waals surface area contributed by atoms with Crippen molar-refractivity contribution in [3.8, 4) is 6.07 Å². The molecule has 0 fully saturated rings. The van der Waals surface area contributed by atoms with Crippen LogP contribution in [0.2, 0.25) is 0 Å². The first-order valence-electron chi connectivity index (χ1n) is 7.14. The third-order valence-corrected chi connectivity index (χ3v) is 4.10. The van der Waals surface area contributed by atoms with Gasteiger partial charge in [0.15, 0.2) is 5.82 Å². The molecule has 0 radical (unpaired) electrons. The van der Waals surface area contributed by atoms with Crippen molar-refractivity contribution in [2.24, 2.45) is 0 Å². The number of aliphatic hydroxyl groups excluding tert-OH is 1. The fourth-order valence-corrected chi connectivity index (χ4v) is 3.10. The third-order valence-electron chi connectivity index (χ3n) is 4.10. The number of hydrogen-bond donors (Lipinski definition) is 1. The van der Waals surface area contributed by atoms with Gasteiger partial charge in [0.2, 0.25) is 0 Å². The summed E-state index contributed by atoms with van der Waals surface area (Å²) in [6.07, 6.45) is 0.403. The summed E-state index contributed by atoms with van der Waals surface area (Å²) in [5.41, 5.74) is 3.17. The maximum absolute atomic E-state index is 10.3. The zero-order valence-corrected chi connectivity index (χ0v) is 11.8. The van der Waals surface area contributed by atoms with Crippen molar-refractivity contribution in [1.82, 2.24) is 9.55 Å². The minimum atomic E-state index is -0.0549. The molecule has 1 aliphatic rings. The number of aliphatic hydroxyl groups is 1. The molecule has 1 atom stereocenters. The molecule has 22 heavy (non-hydrogen) atoms. The van der Waals surface area contributed by atoms with Gasteiger partial charge in [0, 0.05) is 6.42 Å². The zero-order valence-electron chi connectivity index (χ0n) is 11.8. The van der Waals surface area contributed by atoms with Crippen LogP contribution in [0.15, 0.2) is 60.4 Å². The van der Waals surface area contributed by atoms with E-state index in [9.17, 15) is 10.4 Å². The fraction of sp³-hybridized carbons (Fsp3) is 0.111. The Morgan fingerprint density at radius 3 is 2.59 bits per heavy atom. The Kier molecular flexibility index (Phi) is 2.73. The molecule has 1 aliphatic heterocycles. The third kappa shape index (κ3) is 1.73. The number of benzene rings is 2. The summed E-state index contributed by atoms with van der Waals surface area (Å²) in [4.78, 5) is 4.55. The SMILES string of the molecule is N#CC1=C(O)CC(c2ccccc2)n2c1nc1ccccc12. The van der Waals surface area contributed by atoms with E-state index in [1.807, 2.05) is 54.6 Å². The second-order valence-electron chi connectivity index (χ2n) is 5.36. The van der Waals surface area contributed by atoms with Crippen molar-refractivity contribution in [2.45, 2.75) is 12.5 Å². The molecular formula is C18H13N3O. The lowest BCUT2D eigenvalue weighted by Crippen LogP contribution is -2.19. The average Bonchev–Trinajstić information content (AvgIpc) is 2.94. The molecule has 106 valence electrons. The second kappa shape index (κ2) is 4.74. The van der Waals surface area contributed by atoms with Gasteiger partial charge < -0.3 is 9.67 Å². The van der Waals surface area contributed by atoms with E-state index in [0.29, 0.717) is 12.2 Å². The number of hydrogen-bond acceptors (Lipinski definition) is 3. The van der Waals surface area contributed by atoms with Gasteiger partial charge in [-0.15, -0.1) is 0 Å². The van der Waals surface area contributed by atoms with Gasteiger partial charge in [-0.05, 0) is 17.7 Å². The van der Waals surface area contributed by atoms with Crippen molar-refractivity contribution in [1.29, 1.82) is 5.26 Å². The van der Waals surface area contributed by atoms with Crippen LogP contribution < -0.4 is 0 Å². The summed E-state index contributed by atoms with van der Waals surface area (Å²) < 4.78 is 2.06. The molecule has 1 unspecified atom stereocenters. The largest absolute Gasteiger partial charge is 0.511 e. The Hall–Kier alpha value is -3.06. The van der Waals surface area contributed by atoms with E-state index in [2.05, 4.69) is 15.6 Å². The van der Waals surface area contributed by atoms with Crippen LogP contribution in [0.5, 0.6) is 0 Å². The Balaban J connectivity index is 2.04. The van der Waals surface area contributed by atoms with Crippen molar-refractivity contribution >= 4 is 16.6 Å². The van der Waals surface area contributed by atoms with E-state index >= 15 is 0 Å². The van der Waals surface area contributed by atoms with Gasteiger partial charge in [0.25, 0.3) is 0 Å². The zero-order chi connectivity index (χ0) is 15.1. The molecule has 4 heteroatoms. The second-order valence-corrected chi connectivity index (χ2v) is 5.36. The summed E-state index contributed by atoms with van der Waals surface area (Å²) >= 11 is 0. The Bertz CT molecular complexity index is 932. The van der Waals surface area contributed by atoms with Gasteiger partial charge in [0.05, 0.1) is 17.1 Å². The summed E-state index contributed by atoms with van der Waals surface area (Å²) in [5.74, 6) is 0.653. The first kappa shape index (κ1) is 12.7. The van der Waals surface area contributed by atoms with Gasteiger partial charge in [-0.1, -0.05) is 42.5 Å². The molecule has 1 N–H and O–H groups in total. The Morgan fingerprint density at radius 2 is 1.82 bits per heavy atom. The van der Waals surface area contributed by atoms with Crippen LogP contribution in [0.3, 0.4) is 0 Å². The van der Waals surface area contributed by atoms with E-state index in [0.717, 1.165) is 16.6 Å². The topological polar surface area (TPSA) is 61.8 Å². The number of imidazole rings is 1. The van der Waals surface area contributed by atoms with Crippen LogP contribution in [-0.4, -0.2) is 14.7 Å². The number of rotatable bonds is 1. The molecule has 3 aromatic rings. The lowest BCUT2D eigenvalue weighted by Gasteiger charge is -2.26. The van der Waals surface area contributed by atoms with Gasteiger partial charge >= 0.3 is 0 Å². The summed E-state index contributed by atoms with van der Waals surface area (Å²) in [5, 5.41) is 19.6. The van der Waals surface area contributed by atoms with Crippen LogP contribution in [0.25, 0.3) is 16.6 Å². The van der Waals surface area contributed by atoms with Crippen molar-refractivity contribution in [3.63, 3.8) is 0 Å². The minimum absolute atomic E-state index is 0.0549. The predicted molar refractivity (Wildman–Crippen MR) is 84.1 cm³/mol. The molecule has 2 heterocycles. The number of fused-ring (bicyclic) bond motifs is 3. The van der Waals surface area contributed by atoms with Gasteiger partial charge in [0.1, 0.15) is 17.4 Å². The molecule has 0 saturated carbocycles. The first-order chi connectivity index (χ1) is 10.8. The highest BCUT2D eigenvalue weighted by molar-refractivity contribution is 5.85. The number of nitrogens with zero attached hydrogens (tertiary/aromatic N) is 3. The number of allylic oxidation sites excluding steroid dienone is 2. The quantitative estimate of drug-likeness (QED) is 0.740. The number of aromatic nitrogens is 2. The van der Waals surface area contributed by atoms with E-state index < -0.39 is 0 Å². The van der Waals surface area contributed by atoms with E-state index in [1.54, 1.807) is 0 Å². The summed E-state index contributed by atoms with van der Waals surface area (Å²) in [7, 11) is 0. The smallest absolute Gasteiger partial charge is 0.155 e. The van der Waals surface area contributed by atoms with E-state index in [4.69, 9.17) is 0 Å². The molecule has 0 bridgehead atoms. The van der Waals surface area contributed by atoms with Crippen LogP contribution in [0, 0.1) is 11.3 Å². The Labute approximate surface area is 127 Å². The highest BCUT2D eigenvalue weighted by Crippen LogP contribution is 2.38.